The number of likely N-dealkylation sites (tertiary alicyclic amines) is 1. The molecule has 3 N–H and O–H groups in total. The summed E-state index contributed by atoms with van der Waals surface area (Å²) < 4.78 is 47.7. The van der Waals surface area contributed by atoms with Crippen LogP contribution in [0.15, 0.2) is 28.1 Å². The molecule has 1 aromatic carbocycles. The number of anilines is 1. The zero-order valence-corrected chi connectivity index (χ0v) is 21.9. The van der Waals surface area contributed by atoms with E-state index in [1.807, 2.05) is 0 Å². The molecule has 0 unspecified atom stereocenters. The number of urea groups is 1. The molecule has 1 heterocycles. The molecule has 0 spiro atoms. The first-order valence-electron chi connectivity index (χ1n) is 11.0. The van der Waals surface area contributed by atoms with Crippen molar-refractivity contribution in [3.63, 3.8) is 0 Å². The summed E-state index contributed by atoms with van der Waals surface area (Å²) in [5, 5.41) is 12.9. The molecule has 13 heteroatoms. The van der Waals surface area contributed by atoms with E-state index < -0.39 is 67.1 Å². The molecule has 2 aliphatic rings. The van der Waals surface area contributed by atoms with E-state index in [0.29, 0.717) is 17.9 Å². The van der Waals surface area contributed by atoms with Crippen molar-refractivity contribution in [3.8, 4) is 5.75 Å². The number of halogens is 3. The number of carbonyl (C=O) groups is 2. The standard InChI is InChI=1S/C22H28Cl2FN3O6S/c1-21(2,3)34-20(31)28-11-9-22(25,10-12-28)35(32,33)18-14(24)7-8-16(17(18)29)27-19(30)26-15-6-4-5-13(15)23/h5,7-8,15,29H,4,6,9-12H2,1-3H3,(H2,26,27,30)/t15-/m0/s1. The van der Waals surface area contributed by atoms with Gasteiger partial charge in [0.05, 0.1) is 16.8 Å². The number of hydrogen-bond donors (Lipinski definition) is 3. The fourth-order valence-electron chi connectivity index (χ4n) is 3.83. The van der Waals surface area contributed by atoms with Gasteiger partial charge in [0.2, 0.25) is 14.8 Å². The molecule has 1 aliphatic heterocycles. The topological polar surface area (TPSA) is 125 Å². The van der Waals surface area contributed by atoms with Crippen molar-refractivity contribution in [1.29, 1.82) is 0 Å². The highest BCUT2D eigenvalue weighted by Gasteiger charge is 2.50. The van der Waals surface area contributed by atoms with E-state index in [1.54, 1.807) is 26.8 Å². The number of sulfone groups is 1. The minimum absolute atomic E-state index is 0.209. The highest BCUT2D eigenvalue weighted by molar-refractivity contribution is 7.92. The number of carbonyl (C=O) groups excluding carboxylic acids is 2. The lowest BCUT2D eigenvalue weighted by atomic mass is 10.1. The van der Waals surface area contributed by atoms with Gasteiger partial charge in [-0.1, -0.05) is 29.3 Å². The van der Waals surface area contributed by atoms with Gasteiger partial charge in [-0.2, -0.15) is 0 Å². The number of benzene rings is 1. The third-order valence-corrected chi connectivity index (χ3v) is 8.84. The van der Waals surface area contributed by atoms with Crippen molar-refractivity contribution < 1.29 is 32.2 Å². The van der Waals surface area contributed by atoms with Crippen LogP contribution in [0.1, 0.15) is 46.5 Å². The number of nitrogens with one attached hydrogen (secondary N) is 2. The Labute approximate surface area is 213 Å². The first-order valence-corrected chi connectivity index (χ1v) is 13.2. The van der Waals surface area contributed by atoms with Crippen molar-refractivity contribution in [3.05, 3.63) is 28.3 Å². The van der Waals surface area contributed by atoms with Gasteiger partial charge in [-0.25, -0.2) is 22.4 Å². The maximum atomic E-state index is 15.8. The van der Waals surface area contributed by atoms with Gasteiger partial charge in [0.1, 0.15) is 10.5 Å². The number of aromatic hydroxyl groups is 1. The van der Waals surface area contributed by atoms with Crippen LogP contribution in [0.25, 0.3) is 0 Å². The van der Waals surface area contributed by atoms with Crippen molar-refractivity contribution >= 4 is 50.9 Å². The number of alkyl halides is 1. The van der Waals surface area contributed by atoms with Crippen molar-refractivity contribution in [2.75, 3.05) is 18.4 Å². The van der Waals surface area contributed by atoms with Gasteiger partial charge in [-0.05, 0) is 45.7 Å². The van der Waals surface area contributed by atoms with E-state index >= 15 is 4.39 Å². The molecule has 0 bridgehead atoms. The van der Waals surface area contributed by atoms with E-state index in [4.69, 9.17) is 27.9 Å². The number of ether oxygens (including phenoxy) is 1. The molecule has 3 rings (SSSR count). The predicted octanol–water partition coefficient (Wildman–Crippen LogP) is 4.92. The van der Waals surface area contributed by atoms with Crippen LogP contribution in [0.5, 0.6) is 5.75 Å². The fourth-order valence-corrected chi connectivity index (χ4v) is 6.34. The highest BCUT2D eigenvalue weighted by atomic mass is 35.5. The summed E-state index contributed by atoms with van der Waals surface area (Å²) in [5.41, 5.74) is -1.02. The number of piperidine rings is 1. The highest BCUT2D eigenvalue weighted by Crippen LogP contribution is 2.45. The quantitative estimate of drug-likeness (QED) is 0.456. The summed E-state index contributed by atoms with van der Waals surface area (Å²) in [4.78, 5) is 25.0. The maximum absolute atomic E-state index is 15.8. The number of phenolic OH excluding ortho intramolecular Hbond substituents is 1. The second-order valence-corrected chi connectivity index (χ2v) is 12.4. The van der Waals surface area contributed by atoms with Gasteiger partial charge >= 0.3 is 12.1 Å². The number of amides is 3. The Kier molecular flexibility index (Phi) is 7.83. The fraction of sp³-hybridized carbons (Fsp3) is 0.545. The number of rotatable bonds is 4. The Morgan fingerprint density at radius 2 is 1.86 bits per heavy atom. The number of allylic oxidation sites excluding steroid dienone is 1. The van der Waals surface area contributed by atoms with E-state index in [1.165, 1.54) is 11.0 Å². The normalized spacial score (nSPS) is 20.2. The summed E-state index contributed by atoms with van der Waals surface area (Å²) in [6.45, 7) is 4.63. The molecule has 0 aromatic heterocycles. The molecule has 1 atom stereocenters. The van der Waals surface area contributed by atoms with Crippen LogP contribution in [0.2, 0.25) is 5.02 Å². The van der Waals surface area contributed by atoms with Gasteiger partial charge in [-0.15, -0.1) is 0 Å². The van der Waals surface area contributed by atoms with Crippen molar-refractivity contribution in [2.24, 2.45) is 0 Å². The molecule has 9 nitrogen and oxygen atoms in total. The van der Waals surface area contributed by atoms with Crippen molar-refractivity contribution in [1.82, 2.24) is 10.2 Å². The van der Waals surface area contributed by atoms with Gasteiger partial charge in [-0.3, -0.25) is 0 Å². The smallest absolute Gasteiger partial charge is 0.410 e. The molecular formula is C22H28Cl2FN3O6S. The molecule has 1 saturated heterocycles. The molecule has 194 valence electrons. The van der Waals surface area contributed by atoms with Crippen LogP contribution in [0.3, 0.4) is 0 Å². The molecule has 0 radical (unpaired) electrons. The average Bonchev–Trinajstić information content (AvgIpc) is 3.13. The summed E-state index contributed by atoms with van der Waals surface area (Å²) in [7, 11) is -4.83. The first kappa shape index (κ1) is 27.3. The lowest BCUT2D eigenvalue weighted by Crippen LogP contribution is -2.49. The van der Waals surface area contributed by atoms with E-state index in [-0.39, 0.29) is 18.8 Å². The summed E-state index contributed by atoms with van der Waals surface area (Å²) in [6.07, 6.45) is 1.30. The Bertz CT molecular complexity index is 1140. The van der Waals surface area contributed by atoms with Crippen LogP contribution >= 0.6 is 23.2 Å². The SMILES string of the molecule is CC(C)(C)OC(=O)N1CCC(F)(S(=O)(=O)c2c(Cl)ccc(NC(=O)N[C@H]3CCC=C3Cl)c2O)CC1. The zero-order chi connectivity index (χ0) is 26.2. The van der Waals surface area contributed by atoms with Crippen LogP contribution in [-0.2, 0) is 14.6 Å². The van der Waals surface area contributed by atoms with E-state index in [0.717, 1.165) is 6.07 Å². The Morgan fingerprint density at radius 3 is 2.40 bits per heavy atom. The molecule has 3 amide bonds. The van der Waals surface area contributed by atoms with Gasteiger partial charge in [0, 0.05) is 31.0 Å². The average molecular weight is 552 g/mol. The second-order valence-electron chi connectivity index (χ2n) is 9.44. The lowest BCUT2D eigenvalue weighted by Gasteiger charge is -2.36. The predicted molar refractivity (Wildman–Crippen MR) is 130 cm³/mol. The summed E-state index contributed by atoms with van der Waals surface area (Å²) in [5.74, 6) is -0.882. The zero-order valence-electron chi connectivity index (χ0n) is 19.5. The minimum Gasteiger partial charge on any atom is -0.504 e. The Hall–Kier alpha value is -2.24. The monoisotopic (exact) mass is 551 g/mol. The molecule has 35 heavy (non-hydrogen) atoms. The molecule has 1 aromatic rings. The van der Waals surface area contributed by atoms with Gasteiger partial charge < -0.3 is 25.4 Å². The van der Waals surface area contributed by atoms with Crippen LogP contribution in [-0.4, -0.2) is 60.3 Å². The number of phenols is 1. The van der Waals surface area contributed by atoms with Gasteiger partial charge in [0.25, 0.3) is 0 Å². The van der Waals surface area contributed by atoms with Crippen molar-refractivity contribution in [2.45, 2.75) is 68.0 Å². The van der Waals surface area contributed by atoms with Crippen LogP contribution < -0.4 is 10.6 Å². The number of nitrogens with zero attached hydrogens (tertiary/aromatic N) is 1. The van der Waals surface area contributed by atoms with E-state index in [9.17, 15) is 23.1 Å². The second kappa shape index (κ2) is 10.0. The molecule has 1 fully saturated rings. The van der Waals surface area contributed by atoms with Gasteiger partial charge in [0.15, 0.2) is 5.75 Å². The Morgan fingerprint density at radius 1 is 1.23 bits per heavy atom. The lowest BCUT2D eigenvalue weighted by molar-refractivity contribution is 0.0137. The number of hydrogen-bond acceptors (Lipinski definition) is 6. The molecular weight excluding hydrogens is 524 g/mol. The van der Waals surface area contributed by atoms with Crippen LogP contribution in [0, 0.1) is 0 Å². The molecule has 1 aliphatic carbocycles. The first-order chi connectivity index (χ1) is 16.1. The Balaban J connectivity index is 1.79. The third-order valence-electron chi connectivity index (χ3n) is 5.68. The largest absolute Gasteiger partial charge is 0.504 e. The van der Waals surface area contributed by atoms with Crippen LogP contribution in [0.4, 0.5) is 19.7 Å². The minimum atomic E-state index is -4.83. The third kappa shape index (κ3) is 5.95. The maximum Gasteiger partial charge on any atom is 0.410 e. The summed E-state index contributed by atoms with van der Waals surface area (Å²) in [6, 6.07) is 1.22. The van der Waals surface area contributed by atoms with E-state index in [2.05, 4.69) is 10.6 Å². The summed E-state index contributed by atoms with van der Waals surface area (Å²) >= 11 is 12.1. The molecule has 0 saturated carbocycles.